The summed E-state index contributed by atoms with van der Waals surface area (Å²) in [5, 5.41) is 11.7. The van der Waals surface area contributed by atoms with Crippen molar-refractivity contribution in [1.82, 2.24) is 5.32 Å². The quantitative estimate of drug-likeness (QED) is 0.590. The molecule has 0 spiro atoms. The molecule has 5 heteroatoms. The Kier molecular flexibility index (Phi) is 5.01. The number of nitrogens with one attached hydrogen (secondary N) is 1. The Morgan fingerprint density at radius 2 is 2.31 bits per heavy atom. The molecule has 1 unspecified atom stereocenters. The van der Waals surface area contributed by atoms with Crippen LogP contribution in [0.4, 0.5) is 0 Å². The molecule has 5 nitrogen and oxygen atoms in total. The number of hydrogen-bond acceptors (Lipinski definition) is 4. The third kappa shape index (κ3) is 4.46. The summed E-state index contributed by atoms with van der Waals surface area (Å²) in [6.45, 7) is 3.27. The molecule has 0 radical (unpaired) electrons. The van der Waals surface area contributed by atoms with E-state index in [1.165, 1.54) is 0 Å². The lowest BCUT2D eigenvalue weighted by molar-refractivity contribution is -0.138. The second-order valence-electron chi connectivity index (χ2n) is 3.75. The first kappa shape index (κ1) is 12.7. The SMILES string of the molecule is Cc1ccc(CCNCCC(N)C(=O)O)o1. The molecular formula is C11H18N2O3. The number of aryl methyl sites for hydroxylation is 1. The summed E-state index contributed by atoms with van der Waals surface area (Å²) in [7, 11) is 0. The van der Waals surface area contributed by atoms with E-state index in [9.17, 15) is 4.79 Å². The van der Waals surface area contributed by atoms with E-state index in [0.29, 0.717) is 13.0 Å². The molecule has 1 rings (SSSR count). The first-order valence-corrected chi connectivity index (χ1v) is 5.34. The summed E-state index contributed by atoms with van der Waals surface area (Å²) in [4.78, 5) is 10.4. The summed E-state index contributed by atoms with van der Waals surface area (Å²) in [6.07, 6.45) is 1.24. The highest BCUT2D eigenvalue weighted by Crippen LogP contribution is 2.05. The largest absolute Gasteiger partial charge is 0.480 e. The third-order valence-electron chi connectivity index (χ3n) is 2.29. The zero-order valence-corrected chi connectivity index (χ0v) is 9.40. The van der Waals surface area contributed by atoms with Crippen molar-refractivity contribution >= 4 is 5.97 Å². The zero-order chi connectivity index (χ0) is 12.0. The number of carboxylic acids is 1. The average Bonchev–Trinajstić information content (AvgIpc) is 2.63. The van der Waals surface area contributed by atoms with Crippen LogP contribution in [-0.4, -0.2) is 30.2 Å². The van der Waals surface area contributed by atoms with E-state index < -0.39 is 12.0 Å². The number of rotatable bonds is 7. The molecule has 1 aromatic rings. The highest BCUT2D eigenvalue weighted by Gasteiger charge is 2.09. The van der Waals surface area contributed by atoms with Crippen LogP contribution in [0.3, 0.4) is 0 Å². The Hall–Kier alpha value is -1.33. The molecule has 4 N–H and O–H groups in total. The van der Waals surface area contributed by atoms with E-state index in [1.807, 2.05) is 19.1 Å². The molecular weight excluding hydrogens is 208 g/mol. The summed E-state index contributed by atoms with van der Waals surface area (Å²) in [5.41, 5.74) is 5.36. The van der Waals surface area contributed by atoms with Gasteiger partial charge < -0.3 is 20.6 Å². The van der Waals surface area contributed by atoms with Crippen molar-refractivity contribution in [2.75, 3.05) is 13.1 Å². The van der Waals surface area contributed by atoms with E-state index in [1.54, 1.807) is 0 Å². The molecule has 0 aliphatic heterocycles. The van der Waals surface area contributed by atoms with E-state index in [2.05, 4.69) is 5.32 Å². The van der Waals surface area contributed by atoms with Gasteiger partial charge in [0, 0.05) is 13.0 Å². The van der Waals surface area contributed by atoms with E-state index in [-0.39, 0.29) is 0 Å². The Bertz CT molecular complexity index is 336. The number of hydrogen-bond donors (Lipinski definition) is 3. The smallest absolute Gasteiger partial charge is 0.320 e. The number of nitrogens with two attached hydrogens (primary N) is 1. The Morgan fingerprint density at radius 3 is 2.88 bits per heavy atom. The predicted molar refractivity (Wildman–Crippen MR) is 60.2 cm³/mol. The minimum absolute atomic E-state index is 0.437. The van der Waals surface area contributed by atoms with Gasteiger partial charge in [0.2, 0.25) is 0 Å². The van der Waals surface area contributed by atoms with Crippen molar-refractivity contribution in [3.05, 3.63) is 23.7 Å². The second-order valence-corrected chi connectivity index (χ2v) is 3.75. The number of furan rings is 1. The van der Waals surface area contributed by atoms with Crippen LogP contribution in [-0.2, 0) is 11.2 Å². The zero-order valence-electron chi connectivity index (χ0n) is 9.40. The fourth-order valence-corrected chi connectivity index (χ4v) is 1.34. The standard InChI is InChI=1S/C11H18N2O3/c1-8-2-3-9(16-8)4-6-13-7-5-10(12)11(14)15/h2-3,10,13H,4-7,12H2,1H3,(H,14,15). The van der Waals surface area contributed by atoms with Gasteiger partial charge in [-0.1, -0.05) is 0 Å². The minimum Gasteiger partial charge on any atom is -0.480 e. The van der Waals surface area contributed by atoms with Crippen LogP contribution in [0.2, 0.25) is 0 Å². The molecule has 1 aromatic heterocycles. The summed E-state index contributed by atoms with van der Waals surface area (Å²) < 4.78 is 5.39. The highest BCUT2D eigenvalue weighted by atomic mass is 16.4. The van der Waals surface area contributed by atoms with Crippen molar-refractivity contribution in [2.45, 2.75) is 25.8 Å². The molecule has 90 valence electrons. The van der Waals surface area contributed by atoms with Crippen LogP contribution < -0.4 is 11.1 Å². The monoisotopic (exact) mass is 226 g/mol. The summed E-state index contributed by atoms with van der Waals surface area (Å²) in [5.74, 6) is 0.888. The predicted octanol–water partition coefficient (Wildman–Crippen LogP) is 0.522. The lowest BCUT2D eigenvalue weighted by Crippen LogP contribution is -2.34. The average molecular weight is 226 g/mol. The van der Waals surface area contributed by atoms with E-state index in [4.69, 9.17) is 15.3 Å². The minimum atomic E-state index is -0.955. The van der Waals surface area contributed by atoms with Gasteiger partial charge >= 0.3 is 5.97 Å². The van der Waals surface area contributed by atoms with Crippen LogP contribution in [0.25, 0.3) is 0 Å². The number of aliphatic carboxylic acids is 1. The van der Waals surface area contributed by atoms with Gasteiger partial charge in [0.1, 0.15) is 17.6 Å². The number of carboxylic acid groups (broad SMARTS) is 1. The van der Waals surface area contributed by atoms with Crippen LogP contribution in [0.5, 0.6) is 0 Å². The van der Waals surface area contributed by atoms with E-state index >= 15 is 0 Å². The second kappa shape index (κ2) is 6.30. The topological polar surface area (TPSA) is 88.5 Å². The third-order valence-corrected chi connectivity index (χ3v) is 2.29. The molecule has 0 aromatic carbocycles. The summed E-state index contributed by atoms with van der Waals surface area (Å²) >= 11 is 0. The first-order valence-electron chi connectivity index (χ1n) is 5.34. The fourth-order valence-electron chi connectivity index (χ4n) is 1.34. The van der Waals surface area contributed by atoms with Gasteiger partial charge in [-0.15, -0.1) is 0 Å². The molecule has 0 fully saturated rings. The van der Waals surface area contributed by atoms with Crippen molar-refractivity contribution in [3.63, 3.8) is 0 Å². The molecule has 0 bridgehead atoms. The Morgan fingerprint density at radius 1 is 1.56 bits per heavy atom. The van der Waals surface area contributed by atoms with Gasteiger partial charge in [-0.2, -0.15) is 0 Å². The molecule has 1 heterocycles. The van der Waals surface area contributed by atoms with Crippen molar-refractivity contribution in [3.8, 4) is 0 Å². The molecule has 0 amide bonds. The van der Waals surface area contributed by atoms with Crippen LogP contribution in [0.1, 0.15) is 17.9 Å². The molecule has 1 atom stereocenters. The van der Waals surface area contributed by atoms with Crippen LogP contribution >= 0.6 is 0 Å². The molecule has 0 aliphatic carbocycles. The van der Waals surface area contributed by atoms with Gasteiger partial charge in [0.15, 0.2) is 0 Å². The molecule has 0 aliphatic rings. The Balaban J connectivity index is 2.06. The lowest BCUT2D eigenvalue weighted by atomic mass is 10.2. The van der Waals surface area contributed by atoms with Crippen molar-refractivity contribution < 1.29 is 14.3 Å². The number of carbonyl (C=O) groups is 1. The molecule has 0 saturated heterocycles. The maximum atomic E-state index is 10.4. The van der Waals surface area contributed by atoms with Crippen molar-refractivity contribution in [2.24, 2.45) is 5.73 Å². The van der Waals surface area contributed by atoms with Crippen LogP contribution in [0, 0.1) is 6.92 Å². The van der Waals surface area contributed by atoms with Gasteiger partial charge in [-0.3, -0.25) is 4.79 Å². The highest BCUT2D eigenvalue weighted by molar-refractivity contribution is 5.72. The lowest BCUT2D eigenvalue weighted by Gasteiger charge is -2.06. The van der Waals surface area contributed by atoms with Gasteiger partial charge in [-0.25, -0.2) is 0 Å². The van der Waals surface area contributed by atoms with Gasteiger partial charge in [0.05, 0.1) is 0 Å². The maximum Gasteiger partial charge on any atom is 0.320 e. The van der Waals surface area contributed by atoms with Crippen molar-refractivity contribution in [1.29, 1.82) is 0 Å². The Labute approximate surface area is 94.6 Å². The molecule has 16 heavy (non-hydrogen) atoms. The van der Waals surface area contributed by atoms with Gasteiger partial charge in [0.25, 0.3) is 0 Å². The van der Waals surface area contributed by atoms with Gasteiger partial charge in [-0.05, 0) is 32.0 Å². The van der Waals surface area contributed by atoms with E-state index in [0.717, 1.165) is 24.5 Å². The maximum absolute atomic E-state index is 10.4. The summed E-state index contributed by atoms with van der Waals surface area (Å²) in [6, 6.07) is 3.09. The van der Waals surface area contributed by atoms with Crippen LogP contribution in [0.15, 0.2) is 16.5 Å². The first-order chi connectivity index (χ1) is 7.59. The fraction of sp³-hybridized carbons (Fsp3) is 0.545. The normalized spacial score (nSPS) is 12.6. The molecule has 0 saturated carbocycles.